The zero-order chi connectivity index (χ0) is 22.0. The van der Waals surface area contributed by atoms with Crippen LogP contribution in [0.2, 0.25) is 0 Å². The fourth-order valence-corrected chi connectivity index (χ4v) is 4.81. The molecule has 4 rings (SSSR count). The molecule has 0 bridgehead atoms. The summed E-state index contributed by atoms with van der Waals surface area (Å²) < 4.78 is 2.07. The lowest BCUT2D eigenvalue weighted by Crippen LogP contribution is -2.51. The Balaban J connectivity index is 1.42. The highest BCUT2D eigenvalue weighted by Crippen LogP contribution is 2.29. The molecule has 0 unspecified atom stereocenters. The van der Waals surface area contributed by atoms with E-state index in [1.54, 1.807) is 0 Å². The predicted molar refractivity (Wildman–Crippen MR) is 119 cm³/mol. The van der Waals surface area contributed by atoms with Gasteiger partial charge in [0, 0.05) is 65.1 Å². The SMILES string of the molecule is CC(C)CN1C[C@@H](C(=O)N2CCN([C@H](c3ccccc3)c3nccn3C)CC2)CC1=O. The predicted octanol–water partition coefficient (Wildman–Crippen LogP) is 2.16. The number of likely N-dealkylation sites (tertiary alicyclic amines) is 1. The molecule has 2 fully saturated rings. The first kappa shape index (κ1) is 21.6. The van der Waals surface area contributed by atoms with Crippen molar-refractivity contribution in [3.8, 4) is 0 Å². The van der Waals surface area contributed by atoms with Gasteiger partial charge in [-0.1, -0.05) is 44.2 Å². The largest absolute Gasteiger partial charge is 0.342 e. The molecule has 2 aliphatic heterocycles. The summed E-state index contributed by atoms with van der Waals surface area (Å²) in [5.74, 6) is 1.48. The molecule has 2 saturated heterocycles. The Hall–Kier alpha value is -2.67. The van der Waals surface area contributed by atoms with Crippen LogP contribution in [0.4, 0.5) is 0 Å². The van der Waals surface area contributed by atoms with Gasteiger partial charge in [-0.25, -0.2) is 4.98 Å². The third-order valence-corrected chi connectivity index (χ3v) is 6.36. The van der Waals surface area contributed by atoms with Gasteiger partial charge in [0.15, 0.2) is 0 Å². The number of benzene rings is 1. The Morgan fingerprint density at radius 1 is 1.13 bits per heavy atom. The van der Waals surface area contributed by atoms with Crippen molar-refractivity contribution in [1.29, 1.82) is 0 Å². The van der Waals surface area contributed by atoms with Gasteiger partial charge in [-0.15, -0.1) is 0 Å². The average molecular weight is 424 g/mol. The molecule has 2 amide bonds. The average Bonchev–Trinajstić information content (AvgIpc) is 3.34. The van der Waals surface area contributed by atoms with Crippen molar-refractivity contribution in [3.63, 3.8) is 0 Å². The molecule has 1 aromatic carbocycles. The van der Waals surface area contributed by atoms with Gasteiger partial charge >= 0.3 is 0 Å². The van der Waals surface area contributed by atoms with Crippen LogP contribution in [-0.4, -0.2) is 75.3 Å². The smallest absolute Gasteiger partial charge is 0.228 e. The van der Waals surface area contributed by atoms with E-state index in [1.807, 2.05) is 35.3 Å². The van der Waals surface area contributed by atoms with Gasteiger partial charge in [0.2, 0.25) is 11.8 Å². The Morgan fingerprint density at radius 2 is 1.84 bits per heavy atom. The Bertz CT molecular complexity index is 902. The number of hydrogen-bond donors (Lipinski definition) is 0. The van der Waals surface area contributed by atoms with Crippen LogP contribution in [0.25, 0.3) is 0 Å². The van der Waals surface area contributed by atoms with Gasteiger partial charge in [0.1, 0.15) is 5.82 Å². The van der Waals surface area contributed by atoms with E-state index in [1.165, 1.54) is 5.56 Å². The Kier molecular flexibility index (Phi) is 6.41. The molecule has 0 saturated carbocycles. The topological polar surface area (TPSA) is 61.7 Å². The van der Waals surface area contributed by atoms with Crippen molar-refractivity contribution < 1.29 is 9.59 Å². The molecule has 2 atom stereocenters. The number of piperazine rings is 1. The highest BCUT2D eigenvalue weighted by atomic mass is 16.2. The van der Waals surface area contributed by atoms with Crippen LogP contribution in [0, 0.1) is 11.8 Å². The molecule has 0 radical (unpaired) electrons. The molecular weight excluding hydrogens is 390 g/mol. The maximum Gasteiger partial charge on any atom is 0.228 e. The normalized spacial score (nSPS) is 21.2. The lowest BCUT2D eigenvalue weighted by atomic mass is 10.0. The third-order valence-electron chi connectivity index (χ3n) is 6.36. The van der Waals surface area contributed by atoms with Crippen molar-refractivity contribution in [1.82, 2.24) is 24.3 Å². The van der Waals surface area contributed by atoms with E-state index in [9.17, 15) is 9.59 Å². The molecule has 3 heterocycles. The van der Waals surface area contributed by atoms with E-state index in [-0.39, 0.29) is 23.8 Å². The van der Waals surface area contributed by atoms with Gasteiger partial charge in [0.05, 0.1) is 12.0 Å². The van der Waals surface area contributed by atoms with E-state index in [0.717, 1.165) is 25.5 Å². The number of hydrogen-bond acceptors (Lipinski definition) is 4. The lowest BCUT2D eigenvalue weighted by Gasteiger charge is -2.39. The summed E-state index contributed by atoms with van der Waals surface area (Å²) in [6.45, 7) is 8.44. The molecule has 7 nitrogen and oxygen atoms in total. The fourth-order valence-electron chi connectivity index (χ4n) is 4.81. The molecule has 2 aromatic rings. The van der Waals surface area contributed by atoms with Crippen LogP contribution in [0.5, 0.6) is 0 Å². The van der Waals surface area contributed by atoms with Crippen LogP contribution < -0.4 is 0 Å². The number of rotatable bonds is 6. The monoisotopic (exact) mass is 423 g/mol. The van der Waals surface area contributed by atoms with Crippen molar-refractivity contribution in [2.24, 2.45) is 18.9 Å². The van der Waals surface area contributed by atoms with E-state index in [0.29, 0.717) is 32.0 Å². The minimum atomic E-state index is -0.197. The number of nitrogens with zero attached hydrogens (tertiary/aromatic N) is 5. The molecular formula is C24H33N5O2. The summed E-state index contributed by atoms with van der Waals surface area (Å²) in [6.07, 6.45) is 4.17. The number of aromatic nitrogens is 2. The van der Waals surface area contributed by atoms with Crippen LogP contribution in [-0.2, 0) is 16.6 Å². The van der Waals surface area contributed by atoms with Gasteiger partial charge in [-0.2, -0.15) is 0 Å². The first-order valence-corrected chi connectivity index (χ1v) is 11.3. The number of carbonyl (C=O) groups excluding carboxylic acids is 2. The maximum absolute atomic E-state index is 13.1. The molecule has 0 spiro atoms. The van der Waals surface area contributed by atoms with Crippen molar-refractivity contribution in [2.75, 3.05) is 39.3 Å². The lowest BCUT2D eigenvalue weighted by molar-refractivity contribution is -0.137. The summed E-state index contributed by atoms with van der Waals surface area (Å²) >= 11 is 0. The summed E-state index contributed by atoms with van der Waals surface area (Å²) in [5, 5.41) is 0. The van der Waals surface area contributed by atoms with Gasteiger partial charge in [0.25, 0.3) is 0 Å². The van der Waals surface area contributed by atoms with Gasteiger partial charge in [-0.3, -0.25) is 14.5 Å². The molecule has 2 aliphatic rings. The van der Waals surface area contributed by atoms with Crippen molar-refractivity contribution >= 4 is 11.8 Å². The minimum Gasteiger partial charge on any atom is -0.342 e. The van der Waals surface area contributed by atoms with E-state index >= 15 is 0 Å². The zero-order valence-electron chi connectivity index (χ0n) is 18.8. The second-order valence-electron chi connectivity index (χ2n) is 9.16. The second-order valence-corrected chi connectivity index (χ2v) is 9.16. The van der Waals surface area contributed by atoms with Gasteiger partial charge < -0.3 is 14.4 Å². The highest BCUT2D eigenvalue weighted by Gasteiger charge is 2.38. The Morgan fingerprint density at radius 3 is 2.45 bits per heavy atom. The van der Waals surface area contributed by atoms with E-state index < -0.39 is 0 Å². The fraction of sp³-hybridized carbons (Fsp3) is 0.542. The van der Waals surface area contributed by atoms with Crippen LogP contribution >= 0.6 is 0 Å². The second kappa shape index (κ2) is 9.22. The molecule has 7 heteroatoms. The minimum absolute atomic E-state index is 0.0630. The number of amides is 2. The molecule has 0 aliphatic carbocycles. The number of carbonyl (C=O) groups is 2. The van der Waals surface area contributed by atoms with Crippen LogP contribution in [0.1, 0.15) is 37.7 Å². The quantitative estimate of drug-likeness (QED) is 0.714. The third kappa shape index (κ3) is 4.66. The summed E-state index contributed by atoms with van der Waals surface area (Å²) in [5.41, 5.74) is 1.21. The van der Waals surface area contributed by atoms with Gasteiger partial charge in [-0.05, 0) is 11.5 Å². The first-order valence-electron chi connectivity index (χ1n) is 11.3. The number of imidazole rings is 1. The first-order chi connectivity index (χ1) is 14.9. The molecule has 31 heavy (non-hydrogen) atoms. The summed E-state index contributed by atoms with van der Waals surface area (Å²) in [7, 11) is 2.03. The Labute approximate surface area is 184 Å². The van der Waals surface area contributed by atoms with Crippen molar-refractivity contribution in [3.05, 3.63) is 54.1 Å². The standard InChI is InChI=1S/C24H33N5O2/c1-18(2)16-29-17-20(15-21(29)30)24(31)28-13-11-27(12-14-28)22(19-7-5-4-6-8-19)23-25-9-10-26(23)3/h4-10,18,20,22H,11-17H2,1-3H3/t20-,22+/m0/s1. The highest BCUT2D eigenvalue weighted by molar-refractivity contribution is 5.89. The molecule has 1 aromatic heterocycles. The molecule has 0 N–H and O–H groups in total. The summed E-state index contributed by atoms with van der Waals surface area (Å²) in [4.78, 5) is 36.3. The van der Waals surface area contributed by atoms with Crippen molar-refractivity contribution in [2.45, 2.75) is 26.3 Å². The maximum atomic E-state index is 13.1. The van der Waals surface area contributed by atoms with Crippen LogP contribution in [0.15, 0.2) is 42.7 Å². The number of aryl methyl sites for hydroxylation is 1. The summed E-state index contributed by atoms with van der Waals surface area (Å²) in [6, 6.07) is 10.5. The molecule has 166 valence electrons. The van der Waals surface area contributed by atoms with E-state index in [2.05, 4.69) is 52.6 Å². The van der Waals surface area contributed by atoms with Crippen LogP contribution in [0.3, 0.4) is 0 Å². The zero-order valence-corrected chi connectivity index (χ0v) is 18.8. The van der Waals surface area contributed by atoms with E-state index in [4.69, 9.17) is 0 Å².